The first-order valence-corrected chi connectivity index (χ1v) is 6.27. The van der Waals surface area contributed by atoms with Crippen LogP contribution in [-0.2, 0) is 9.53 Å². The third kappa shape index (κ3) is 2.84. The van der Waals surface area contributed by atoms with Crippen molar-refractivity contribution < 1.29 is 14.3 Å². The zero-order chi connectivity index (χ0) is 14.0. The highest BCUT2D eigenvalue weighted by molar-refractivity contribution is 6.29. The number of ether oxygens (including phenoxy) is 1. The van der Waals surface area contributed by atoms with Gasteiger partial charge >= 0.3 is 5.97 Å². The van der Waals surface area contributed by atoms with Gasteiger partial charge in [0.1, 0.15) is 0 Å². The molecule has 6 nitrogen and oxygen atoms in total. The van der Waals surface area contributed by atoms with Gasteiger partial charge < -0.3 is 9.64 Å². The second kappa shape index (κ2) is 5.52. The SMILES string of the molecule is COC(=O)C1CN(C(=O)c2ccc(Cl)nn2)CC1C. The second-order valence-corrected chi connectivity index (χ2v) is 4.95. The minimum absolute atomic E-state index is 0.0664. The van der Waals surface area contributed by atoms with Gasteiger partial charge in [0.05, 0.1) is 13.0 Å². The van der Waals surface area contributed by atoms with Crippen LogP contribution in [0.4, 0.5) is 0 Å². The highest BCUT2D eigenvalue weighted by Gasteiger charge is 2.38. The Morgan fingerprint density at radius 1 is 1.37 bits per heavy atom. The van der Waals surface area contributed by atoms with Crippen LogP contribution in [-0.4, -0.2) is 47.2 Å². The number of amides is 1. The average molecular weight is 284 g/mol. The molecule has 7 heteroatoms. The van der Waals surface area contributed by atoms with E-state index in [0.29, 0.717) is 13.1 Å². The van der Waals surface area contributed by atoms with Crippen molar-refractivity contribution >= 4 is 23.5 Å². The number of aromatic nitrogens is 2. The monoisotopic (exact) mass is 283 g/mol. The summed E-state index contributed by atoms with van der Waals surface area (Å²) in [7, 11) is 1.35. The van der Waals surface area contributed by atoms with Crippen LogP contribution < -0.4 is 0 Å². The minimum atomic E-state index is -0.287. The van der Waals surface area contributed by atoms with E-state index in [1.54, 1.807) is 4.90 Å². The standard InChI is InChI=1S/C12H14ClN3O3/c1-7-5-16(6-8(7)12(18)19-2)11(17)9-3-4-10(13)15-14-9/h3-4,7-8H,5-6H2,1-2H3. The van der Waals surface area contributed by atoms with E-state index in [2.05, 4.69) is 10.2 Å². The molecule has 19 heavy (non-hydrogen) atoms. The van der Waals surface area contributed by atoms with Gasteiger partial charge in [-0.05, 0) is 18.1 Å². The minimum Gasteiger partial charge on any atom is -0.469 e. The summed E-state index contributed by atoms with van der Waals surface area (Å²) < 4.78 is 4.73. The van der Waals surface area contributed by atoms with E-state index in [1.807, 2.05) is 6.92 Å². The third-order valence-corrected chi connectivity index (χ3v) is 3.46. The fourth-order valence-corrected chi connectivity index (χ4v) is 2.28. The maximum Gasteiger partial charge on any atom is 0.310 e. The van der Waals surface area contributed by atoms with Crippen molar-refractivity contribution in [1.82, 2.24) is 15.1 Å². The summed E-state index contributed by atoms with van der Waals surface area (Å²) in [6.07, 6.45) is 0. The molecule has 1 aliphatic rings. The molecule has 2 heterocycles. The molecule has 0 bridgehead atoms. The van der Waals surface area contributed by atoms with Gasteiger partial charge in [-0.3, -0.25) is 9.59 Å². The van der Waals surface area contributed by atoms with Crippen molar-refractivity contribution in [2.45, 2.75) is 6.92 Å². The van der Waals surface area contributed by atoms with Crippen molar-refractivity contribution in [3.05, 3.63) is 23.0 Å². The number of hydrogen-bond acceptors (Lipinski definition) is 5. The molecular formula is C12H14ClN3O3. The number of halogens is 1. The molecular weight excluding hydrogens is 270 g/mol. The van der Waals surface area contributed by atoms with Gasteiger partial charge in [0.15, 0.2) is 10.8 Å². The zero-order valence-corrected chi connectivity index (χ0v) is 11.4. The molecule has 1 aromatic heterocycles. The Kier molecular flexibility index (Phi) is 3.99. The van der Waals surface area contributed by atoms with E-state index >= 15 is 0 Å². The van der Waals surface area contributed by atoms with Crippen molar-refractivity contribution in [3.8, 4) is 0 Å². The van der Waals surface area contributed by atoms with Crippen molar-refractivity contribution in [2.24, 2.45) is 11.8 Å². The first-order chi connectivity index (χ1) is 9.02. The maximum absolute atomic E-state index is 12.2. The van der Waals surface area contributed by atoms with Crippen LogP contribution in [0.5, 0.6) is 0 Å². The van der Waals surface area contributed by atoms with E-state index < -0.39 is 0 Å². The molecule has 2 rings (SSSR count). The number of likely N-dealkylation sites (tertiary alicyclic amines) is 1. The van der Waals surface area contributed by atoms with Gasteiger partial charge in [-0.2, -0.15) is 0 Å². The Bertz CT molecular complexity index is 491. The molecule has 0 aliphatic carbocycles. The summed E-state index contributed by atoms with van der Waals surface area (Å²) in [4.78, 5) is 25.3. The molecule has 0 radical (unpaired) electrons. The predicted octanol–water partition coefficient (Wildman–Crippen LogP) is 1.01. The van der Waals surface area contributed by atoms with E-state index in [0.717, 1.165) is 0 Å². The second-order valence-electron chi connectivity index (χ2n) is 4.56. The molecule has 102 valence electrons. The fraction of sp³-hybridized carbons (Fsp3) is 0.500. The lowest BCUT2D eigenvalue weighted by atomic mass is 9.99. The summed E-state index contributed by atoms with van der Waals surface area (Å²) in [6, 6.07) is 3.03. The topological polar surface area (TPSA) is 72.4 Å². The van der Waals surface area contributed by atoms with Gasteiger partial charge in [0, 0.05) is 13.1 Å². The molecule has 0 N–H and O–H groups in total. The number of hydrogen-bond donors (Lipinski definition) is 0. The van der Waals surface area contributed by atoms with Crippen LogP contribution in [0.1, 0.15) is 17.4 Å². The predicted molar refractivity (Wildman–Crippen MR) is 67.6 cm³/mol. The number of esters is 1. The summed E-state index contributed by atoms with van der Waals surface area (Å²) in [5.41, 5.74) is 0.224. The number of carbonyl (C=O) groups is 2. The Morgan fingerprint density at radius 3 is 2.68 bits per heavy atom. The quantitative estimate of drug-likeness (QED) is 0.758. The van der Waals surface area contributed by atoms with Crippen LogP contribution in [0.2, 0.25) is 5.15 Å². The highest BCUT2D eigenvalue weighted by Crippen LogP contribution is 2.25. The van der Waals surface area contributed by atoms with E-state index in [-0.39, 0.29) is 34.6 Å². The van der Waals surface area contributed by atoms with E-state index in [1.165, 1.54) is 19.2 Å². The van der Waals surface area contributed by atoms with Crippen LogP contribution in [0, 0.1) is 11.8 Å². The molecule has 0 spiro atoms. The smallest absolute Gasteiger partial charge is 0.310 e. The molecule has 1 aromatic rings. The molecule has 2 unspecified atom stereocenters. The van der Waals surface area contributed by atoms with Gasteiger partial charge in [-0.15, -0.1) is 10.2 Å². The summed E-state index contributed by atoms with van der Waals surface area (Å²) >= 11 is 5.62. The summed E-state index contributed by atoms with van der Waals surface area (Å²) in [6.45, 7) is 2.77. The Balaban J connectivity index is 2.09. The number of carbonyl (C=O) groups excluding carboxylic acids is 2. The average Bonchev–Trinajstić information content (AvgIpc) is 2.80. The van der Waals surface area contributed by atoms with Gasteiger partial charge in [-0.1, -0.05) is 18.5 Å². The molecule has 1 saturated heterocycles. The normalized spacial score (nSPS) is 22.4. The first kappa shape index (κ1) is 13.7. The Labute approximate surface area is 115 Å². The Hall–Kier alpha value is -1.69. The van der Waals surface area contributed by atoms with Gasteiger partial charge in [-0.25, -0.2) is 0 Å². The maximum atomic E-state index is 12.2. The van der Waals surface area contributed by atoms with Gasteiger partial charge in [0.25, 0.3) is 5.91 Å². The highest BCUT2D eigenvalue weighted by atomic mass is 35.5. The van der Waals surface area contributed by atoms with Crippen molar-refractivity contribution in [1.29, 1.82) is 0 Å². The van der Waals surface area contributed by atoms with Crippen LogP contribution >= 0.6 is 11.6 Å². The lowest BCUT2D eigenvalue weighted by Gasteiger charge is -2.14. The van der Waals surface area contributed by atoms with E-state index in [9.17, 15) is 9.59 Å². The molecule has 2 atom stereocenters. The molecule has 1 aliphatic heterocycles. The third-order valence-electron chi connectivity index (χ3n) is 3.25. The van der Waals surface area contributed by atoms with Crippen molar-refractivity contribution in [3.63, 3.8) is 0 Å². The number of methoxy groups -OCH3 is 1. The summed E-state index contributed by atoms with van der Waals surface area (Å²) in [5.74, 6) is -0.752. The van der Waals surface area contributed by atoms with Crippen LogP contribution in [0.3, 0.4) is 0 Å². The number of rotatable bonds is 2. The first-order valence-electron chi connectivity index (χ1n) is 5.89. The lowest BCUT2D eigenvalue weighted by molar-refractivity contribution is -0.146. The Morgan fingerprint density at radius 2 is 2.11 bits per heavy atom. The fourth-order valence-electron chi connectivity index (χ4n) is 2.18. The van der Waals surface area contributed by atoms with Crippen LogP contribution in [0.25, 0.3) is 0 Å². The molecule has 0 saturated carbocycles. The van der Waals surface area contributed by atoms with Crippen molar-refractivity contribution in [2.75, 3.05) is 20.2 Å². The van der Waals surface area contributed by atoms with E-state index in [4.69, 9.17) is 16.3 Å². The van der Waals surface area contributed by atoms with Gasteiger partial charge in [0.2, 0.25) is 0 Å². The lowest BCUT2D eigenvalue weighted by Crippen LogP contribution is -2.31. The molecule has 1 fully saturated rings. The number of nitrogens with zero attached hydrogens (tertiary/aromatic N) is 3. The molecule has 1 amide bonds. The van der Waals surface area contributed by atoms with Crippen LogP contribution in [0.15, 0.2) is 12.1 Å². The zero-order valence-electron chi connectivity index (χ0n) is 10.7. The molecule has 0 aromatic carbocycles. The summed E-state index contributed by atoms with van der Waals surface area (Å²) in [5, 5.41) is 7.62. The largest absolute Gasteiger partial charge is 0.469 e.